The first-order chi connectivity index (χ1) is 11.0. The molecule has 1 fully saturated rings. The Morgan fingerprint density at radius 3 is 2.38 bits per heavy atom. The van der Waals surface area contributed by atoms with Gasteiger partial charge >= 0.3 is 0 Å². The summed E-state index contributed by atoms with van der Waals surface area (Å²) in [7, 11) is -7.24. The third-order valence-electron chi connectivity index (χ3n) is 4.01. The van der Waals surface area contributed by atoms with E-state index >= 15 is 0 Å². The smallest absolute Gasteiger partial charge is 0.243 e. The van der Waals surface area contributed by atoms with Gasteiger partial charge in [0.25, 0.3) is 0 Å². The summed E-state index contributed by atoms with van der Waals surface area (Å²) in [5.41, 5.74) is 0. The summed E-state index contributed by atoms with van der Waals surface area (Å²) in [6.45, 7) is 5.37. The van der Waals surface area contributed by atoms with Crippen molar-refractivity contribution >= 4 is 19.9 Å². The quantitative estimate of drug-likeness (QED) is 0.787. The SMILES string of the molecule is C[C@H](O)CN1CCN(S(=O)(=O)c2cccc(S(C)(=O)=O)c2)[C@H](C)C1. The lowest BCUT2D eigenvalue weighted by atomic mass is 10.2. The third kappa shape index (κ3) is 4.34. The molecule has 7 nitrogen and oxygen atoms in total. The largest absolute Gasteiger partial charge is 0.392 e. The summed E-state index contributed by atoms with van der Waals surface area (Å²) >= 11 is 0. The molecule has 0 saturated carbocycles. The minimum atomic E-state index is -3.77. The normalized spacial score (nSPS) is 22.4. The van der Waals surface area contributed by atoms with Gasteiger partial charge in [-0.05, 0) is 32.0 Å². The van der Waals surface area contributed by atoms with Gasteiger partial charge in [0.15, 0.2) is 9.84 Å². The first kappa shape index (κ1) is 19.3. The third-order valence-corrected chi connectivity index (χ3v) is 7.13. The molecule has 2 rings (SSSR count). The summed E-state index contributed by atoms with van der Waals surface area (Å²) in [5.74, 6) is 0. The number of aliphatic hydroxyl groups excluding tert-OH is 1. The Kier molecular flexibility index (Phi) is 5.71. The number of benzene rings is 1. The van der Waals surface area contributed by atoms with Gasteiger partial charge in [-0.25, -0.2) is 16.8 Å². The van der Waals surface area contributed by atoms with Gasteiger partial charge in [-0.1, -0.05) is 6.07 Å². The second-order valence-corrected chi connectivity index (χ2v) is 10.2. The first-order valence-electron chi connectivity index (χ1n) is 7.74. The van der Waals surface area contributed by atoms with Crippen LogP contribution in [0, 0.1) is 0 Å². The number of β-amino-alcohol motifs (C(OH)–C–C–N with tert-alkyl or cyclic N) is 1. The summed E-state index contributed by atoms with van der Waals surface area (Å²) in [6, 6.07) is 5.19. The van der Waals surface area contributed by atoms with Crippen LogP contribution in [0.5, 0.6) is 0 Å². The summed E-state index contributed by atoms with van der Waals surface area (Å²) in [5, 5.41) is 9.47. The molecule has 0 aliphatic carbocycles. The number of sulfone groups is 1. The van der Waals surface area contributed by atoms with Crippen LogP contribution in [-0.2, 0) is 19.9 Å². The Morgan fingerprint density at radius 2 is 1.83 bits per heavy atom. The van der Waals surface area contributed by atoms with E-state index in [0.717, 1.165) is 6.26 Å². The van der Waals surface area contributed by atoms with Gasteiger partial charge in [0.2, 0.25) is 10.0 Å². The number of hydrogen-bond donors (Lipinski definition) is 1. The van der Waals surface area contributed by atoms with Gasteiger partial charge in [-0.15, -0.1) is 0 Å². The molecule has 9 heteroatoms. The van der Waals surface area contributed by atoms with E-state index in [4.69, 9.17) is 0 Å². The number of sulfonamides is 1. The number of aliphatic hydroxyl groups is 1. The zero-order valence-electron chi connectivity index (χ0n) is 14.1. The predicted octanol–water partition coefficient (Wildman–Crippen LogP) is 0.166. The molecule has 1 saturated heterocycles. The van der Waals surface area contributed by atoms with Gasteiger partial charge in [0, 0.05) is 38.5 Å². The second kappa shape index (κ2) is 7.09. The molecule has 24 heavy (non-hydrogen) atoms. The molecule has 0 spiro atoms. The summed E-state index contributed by atoms with van der Waals surface area (Å²) < 4.78 is 50.5. The van der Waals surface area contributed by atoms with Crippen molar-refractivity contribution in [1.82, 2.24) is 9.21 Å². The van der Waals surface area contributed by atoms with E-state index in [-0.39, 0.29) is 15.8 Å². The highest BCUT2D eigenvalue weighted by molar-refractivity contribution is 7.91. The molecular weight excluding hydrogens is 352 g/mol. The highest BCUT2D eigenvalue weighted by Gasteiger charge is 2.34. The molecule has 0 aromatic heterocycles. The Morgan fingerprint density at radius 1 is 1.21 bits per heavy atom. The predicted molar refractivity (Wildman–Crippen MR) is 91.0 cm³/mol. The first-order valence-corrected chi connectivity index (χ1v) is 11.1. The van der Waals surface area contributed by atoms with Crippen molar-refractivity contribution in [1.29, 1.82) is 0 Å². The van der Waals surface area contributed by atoms with Crippen LogP contribution in [0.25, 0.3) is 0 Å². The summed E-state index contributed by atoms with van der Waals surface area (Å²) in [4.78, 5) is 2.00. The van der Waals surface area contributed by atoms with Crippen LogP contribution in [0.3, 0.4) is 0 Å². The van der Waals surface area contributed by atoms with E-state index in [9.17, 15) is 21.9 Å². The van der Waals surface area contributed by atoms with Crippen LogP contribution in [0.1, 0.15) is 13.8 Å². The van der Waals surface area contributed by atoms with Crippen LogP contribution in [0.4, 0.5) is 0 Å². The molecule has 1 aromatic carbocycles. The van der Waals surface area contributed by atoms with Crippen molar-refractivity contribution < 1.29 is 21.9 Å². The lowest BCUT2D eigenvalue weighted by Crippen LogP contribution is -2.54. The lowest BCUT2D eigenvalue weighted by Gasteiger charge is -2.39. The van der Waals surface area contributed by atoms with Gasteiger partial charge < -0.3 is 5.11 Å². The highest BCUT2D eigenvalue weighted by Crippen LogP contribution is 2.23. The molecule has 1 aliphatic heterocycles. The zero-order valence-corrected chi connectivity index (χ0v) is 15.7. The van der Waals surface area contributed by atoms with Crippen molar-refractivity contribution in [2.24, 2.45) is 0 Å². The Hall–Kier alpha value is -1.00. The number of nitrogens with zero attached hydrogens (tertiary/aromatic N) is 2. The van der Waals surface area contributed by atoms with Crippen LogP contribution < -0.4 is 0 Å². The van der Waals surface area contributed by atoms with E-state index in [1.54, 1.807) is 6.92 Å². The fourth-order valence-corrected chi connectivity index (χ4v) is 5.31. The number of rotatable bonds is 5. The van der Waals surface area contributed by atoms with Gasteiger partial charge in [0.05, 0.1) is 15.9 Å². The topological polar surface area (TPSA) is 95.0 Å². The minimum Gasteiger partial charge on any atom is -0.392 e. The minimum absolute atomic E-state index is 0.0102. The molecule has 1 N–H and O–H groups in total. The molecule has 1 heterocycles. The Balaban J connectivity index is 2.25. The lowest BCUT2D eigenvalue weighted by molar-refractivity contribution is 0.0840. The number of piperazine rings is 1. The molecule has 1 aromatic rings. The molecular formula is C15H24N2O5S2. The highest BCUT2D eigenvalue weighted by atomic mass is 32.2. The van der Waals surface area contributed by atoms with Crippen LogP contribution in [0.2, 0.25) is 0 Å². The van der Waals surface area contributed by atoms with Gasteiger partial charge in [-0.3, -0.25) is 4.90 Å². The average Bonchev–Trinajstić information content (AvgIpc) is 2.45. The number of hydrogen-bond acceptors (Lipinski definition) is 6. The monoisotopic (exact) mass is 376 g/mol. The molecule has 0 amide bonds. The fraction of sp³-hybridized carbons (Fsp3) is 0.600. The second-order valence-electron chi connectivity index (χ2n) is 6.32. The fourth-order valence-electron chi connectivity index (χ4n) is 2.91. The summed E-state index contributed by atoms with van der Waals surface area (Å²) in [6.07, 6.45) is 0.586. The Labute approximate surface area is 143 Å². The van der Waals surface area contributed by atoms with E-state index in [1.807, 2.05) is 11.8 Å². The van der Waals surface area contributed by atoms with Crippen molar-refractivity contribution in [3.63, 3.8) is 0 Å². The molecule has 2 atom stereocenters. The maximum atomic E-state index is 12.9. The van der Waals surface area contributed by atoms with Crippen LogP contribution in [0.15, 0.2) is 34.1 Å². The molecule has 0 unspecified atom stereocenters. The van der Waals surface area contributed by atoms with E-state index in [2.05, 4.69) is 0 Å². The van der Waals surface area contributed by atoms with E-state index < -0.39 is 26.0 Å². The molecule has 0 radical (unpaired) electrons. The Bertz CT molecular complexity index is 790. The molecule has 0 bridgehead atoms. The van der Waals surface area contributed by atoms with Crippen LogP contribution >= 0.6 is 0 Å². The molecule has 136 valence electrons. The van der Waals surface area contributed by atoms with Crippen molar-refractivity contribution in [3.05, 3.63) is 24.3 Å². The standard InChI is InChI=1S/C15H24N2O5S2/c1-12-10-16(11-13(2)18)7-8-17(12)24(21,22)15-6-4-5-14(9-15)23(3,19)20/h4-6,9,12-13,18H,7-8,10-11H2,1-3H3/t12-,13+/m1/s1. The van der Waals surface area contributed by atoms with Gasteiger partial charge in [-0.2, -0.15) is 4.31 Å². The van der Waals surface area contributed by atoms with Gasteiger partial charge in [0.1, 0.15) is 0 Å². The maximum absolute atomic E-state index is 12.9. The zero-order chi connectivity index (χ0) is 18.1. The van der Waals surface area contributed by atoms with E-state index in [0.29, 0.717) is 26.2 Å². The van der Waals surface area contributed by atoms with E-state index in [1.165, 1.54) is 28.6 Å². The van der Waals surface area contributed by atoms with Crippen molar-refractivity contribution in [2.75, 3.05) is 32.4 Å². The van der Waals surface area contributed by atoms with Crippen LogP contribution in [-0.4, -0.2) is 75.7 Å². The van der Waals surface area contributed by atoms with Crippen molar-refractivity contribution in [3.8, 4) is 0 Å². The molecule has 1 aliphatic rings. The average molecular weight is 377 g/mol. The van der Waals surface area contributed by atoms with Crippen molar-refractivity contribution in [2.45, 2.75) is 35.8 Å². The maximum Gasteiger partial charge on any atom is 0.243 e.